The number of hydrogen-bond donors (Lipinski definition) is 1. The smallest absolute Gasteiger partial charge is 0.264 e. The molecule has 1 fully saturated rings. The number of aryl methyl sites for hydroxylation is 1. The number of nitrogens with zero attached hydrogens (tertiary/aromatic N) is 2. The SMILES string of the molecule is Cc1cccc(N(CC(=O)N(Cc2ccccc2)[C@@H](C)C(=O)NC2CCCC2)S(=O)(=O)c2ccccc2)c1. The number of hydrogen-bond acceptors (Lipinski definition) is 4. The first kappa shape index (κ1) is 27.4. The van der Waals surface area contributed by atoms with E-state index in [1.165, 1.54) is 17.0 Å². The van der Waals surface area contributed by atoms with Gasteiger partial charge in [-0.25, -0.2) is 8.42 Å². The summed E-state index contributed by atoms with van der Waals surface area (Å²) < 4.78 is 28.7. The van der Waals surface area contributed by atoms with Crippen LogP contribution in [0.4, 0.5) is 5.69 Å². The van der Waals surface area contributed by atoms with Gasteiger partial charge in [-0.3, -0.25) is 13.9 Å². The second-order valence-corrected chi connectivity index (χ2v) is 11.7. The number of carbonyl (C=O) groups excluding carboxylic acids is 2. The topological polar surface area (TPSA) is 86.8 Å². The molecular weight excluding hydrogens is 498 g/mol. The Hall–Kier alpha value is -3.65. The zero-order valence-corrected chi connectivity index (χ0v) is 22.7. The van der Waals surface area contributed by atoms with Crippen molar-refractivity contribution in [1.82, 2.24) is 10.2 Å². The van der Waals surface area contributed by atoms with E-state index in [0.717, 1.165) is 41.1 Å². The van der Waals surface area contributed by atoms with Crippen LogP contribution in [0.15, 0.2) is 89.8 Å². The van der Waals surface area contributed by atoms with Gasteiger partial charge in [-0.05, 0) is 62.1 Å². The van der Waals surface area contributed by atoms with E-state index >= 15 is 0 Å². The normalized spacial score (nSPS) is 14.6. The Morgan fingerprint density at radius 1 is 0.921 bits per heavy atom. The van der Waals surface area contributed by atoms with Gasteiger partial charge >= 0.3 is 0 Å². The van der Waals surface area contributed by atoms with Crippen molar-refractivity contribution in [1.29, 1.82) is 0 Å². The van der Waals surface area contributed by atoms with Crippen molar-refractivity contribution in [2.24, 2.45) is 0 Å². The molecule has 0 heterocycles. The van der Waals surface area contributed by atoms with Gasteiger partial charge < -0.3 is 10.2 Å². The fraction of sp³-hybridized carbons (Fsp3) is 0.333. The molecule has 8 heteroatoms. The van der Waals surface area contributed by atoms with Gasteiger partial charge in [-0.2, -0.15) is 0 Å². The lowest BCUT2D eigenvalue weighted by molar-refractivity contribution is -0.139. The van der Waals surface area contributed by atoms with Crippen molar-refractivity contribution in [2.45, 2.75) is 63.1 Å². The first-order valence-electron chi connectivity index (χ1n) is 13.0. The number of carbonyl (C=O) groups is 2. The third kappa shape index (κ3) is 6.61. The van der Waals surface area contributed by atoms with Crippen molar-refractivity contribution in [3.8, 4) is 0 Å². The van der Waals surface area contributed by atoms with Gasteiger partial charge in [0, 0.05) is 12.6 Å². The molecule has 4 rings (SSSR count). The van der Waals surface area contributed by atoms with Crippen molar-refractivity contribution >= 4 is 27.5 Å². The molecule has 1 aliphatic rings. The first-order chi connectivity index (χ1) is 18.3. The molecule has 3 aromatic carbocycles. The second kappa shape index (κ2) is 12.3. The highest BCUT2D eigenvalue weighted by molar-refractivity contribution is 7.92. The number of amides is 2. The maximum atomic E-state index is 13.9. The van der Waals surface area contributed by atoms with Crippen LogP contribution in [-0.4, -0.2) is 43.8 Å². The van der Waals surface area contributed by atoms with Crippen LogP contribution >= 0.6 is 0 Å². The van der Waals surface area contributed by atoms with E-state index in [1.54, 1.807) is 43.3 Å². The molecule has 0 aromatic heterocycles. The van der Waals surface area contributed by atoms with Crippen LogP contribution in [0.1, 0.15) is 43.7 Å². The molecule has 0 radical (unpaired) electrons. The van der Waals surface area contributed by atoms with E-state index < -0.39 is 28.5 Å². The molecule has 0 saturated heterocycles. The van der Waals surface area contributed by atoms with Crippen LogP contribution in [0.2, 0.25) is 0 Å². The van der Waals surface area contributed by atoms with Crippen LogP contribution < -0.4 is 9.62 Å². The van der Waals surface area contributed by atoms with Crippen LogP contribution in [0, 0.1) is 6.92 Å². The molecule has 1 N–H and O–H groups in total. The Balaban J connectivity index is 1.66. The predicted molar refractivity (Wildman–Crippen MR) is 149 cm³/mol. The summed E-state index contributed by atoms with van der Waals surface area (Å²) in [4.78, 5) is 28.7. The Morgan fingerprint density at radius 2 is 1.55 bits per heavy atom. The maximum absolute atomic E-state index is 13.9. The summed E-state index contributed by atoms with van der Waals surface area (Å²) >= 11 is 0. The summed E-state index contributed by atoms with van der Waals surface area (Å²) in [5.74, 6) is -0.682. The fourth-order valence-electron chi connectivity index (χ4n) is 4.79. The van der Waals surface area contributed by atoms with Gasteiger partial charge in [0.2, 0.25) is 11.8 Å². The summed E-state index contributed by atoms with van der Waals surface area (Å²) in [5.41, 5.74) is 2.12. The molecule has 0 spiro atoms. The van der Waals surface area contributed by atoms with E-state index in [1.807, 2.05) is 43.3 Å². The van der Waals surface area contributed by atoms with Gasteiger partial charge in [0.1, 0.15) is 12.6 Å². The zero-order valence-electron chi connectivity index (χ0n) is 21.9. The molecule has 200 valence electrons. The zero-order chi connectivity index (χ0) is 27.1. The van der Waals surface area contributed by atoms with Crippen LogP contribution in [0.5, 0.6) is 0 Å². The van der Waals surface area contributed by atoms with Gasteiger partial charge in [-0.15, -0.1) is 0 Å². The summed E-state index contributed by atoms with van der Waals surface area (Å²) in [6.45, 7) is 3.32. The molecule has 0 unspecified atom stereocenters. The number of rotatable bonds is 10. The molecule has 0 bridgehead atoms. The van der Waals surface area contributed by atoms with E-state index in [4.69, 9.17) is 0 Å². The summed E-state index contributed by atoms with van der Waals surface area (Å²) in [5, 5.41) is 3.08. The van der Waals surface area contributed by atoms with Gasteiger partial charge in [0.15, 0.2) is 0 Å². The molecule has 2 amide bonds. The van der Waals surface area contributed by atoms with E-state index in [2.05, 4.69) is 5.32 Å². The molecule has 3 aromatic rings. The fourth-order valence-corrected chi connectivity index (χ4v) is 6.21. The molecule has 38 heavy (non-hydrogen) atoms. The predicted octanol–water partition coefficient (Wildman–Crippen LogP) is 4.67. The summed E-state index contributed by atoms with van der Waals surface area (Å²) in [6.07, 6.45) is 4.02. The minimum Gasteiger partial charge on any atom is -0.352 e. The third-order valence-corrected chi connectivity index (χ3v) is 8.75. The van der Waals surface area contributed by atoms with Crippen LogP contribution in [0.25, 0.3) is 0 Å². The Kier molecular flexibility index (Phi) is 8.84. The molecule has 1 saturated carbocycles. The largest absolute Gasteiger partial charge is 0.352 e. The third-order valence-electron chi connectivity index (χ3n) is 6.96. The highest BCUT2D eigenvalue weighted by atomic mass is 32.2. The van der Waals surface area contributed by atoms with Crippen LogP contribution in [0.3, 0.4) is 0 Å². The Labute approximate surface area is 225 Å². The summed E-state index contributed by atoms with van der Waals surface area (Å²) in [7, 11) is -4.05. The number of benzene rings is 3. The molecule has 0 aliphatic heterocycles. The standard InChI is InChI=1S/C30H35N3O4S/c1-23-12-11-17-27(20-23)33(38(36,37)28-18-7-4-8-19-28)22-29(34)32(21-25-13-5-3-6-14-25)24(2)30(35)31-26-15-9-10-16-26/h3-8,11-14,17-20,24,26H,9-10,15-16,21-22H2,1-2H3,(H,31,35)/t24-/m0/s1. The average molecular weight is 534 g/mol. The first-order valence-corrected chi connectivity index (χ1v) is 14.5. The highest BCUT2D eigenvalue weighted by Crippen LogP contribution is 2.25. The Morgan fingerprint density at radius 3 is 2.18 bits per heavy atom. The van der Waals surface area contributed by atoms with E-state index in [-0.39, 0.29) is 23.4 Å². The lowest BCUT2D eigenvalue weighted by Crippen LogP contribution is -2.52. The number of anilines is 1. The van der Waals surface area contributed by atoms with E-state index in [0.29, 0.717) is 5.69 Å². The molecule has 1 atom stereocenters. The summed E-state index contributed by atoms with van der Waals surface area (Å²) in [6, 6.07) is 23.9. The number of nitrogens with one attached hydrogen (secondary N) is 1. The van der Waals surface area contributed by atoms with Gasteiger partial charge in [0.05, 0.1) is 10.6 Å². The van der Waals surface area contributed by atoms with Gasteiger partial charge in [-0.1, -0.05) is 73.5 Å². The van der Waals surface area contributed by atoms with Crippen molar-refractivity contribution in [3.63, 3.8) is 0 Å². The monoisotopic (exact) mass is 533 g/mol. The molecular formula is C30H35N3O4S. The van der Waals surface area contributed by atoms with Gasteiger partial charge in [0.25, 0.3) is 10.0 Å². The van der Waals surface area contributed by atoms with Crippen molar-refractivity contribution < 1.29 is 18.0 Å². The second-order valence-electron chi connectivity index (χ2n) is 9.84. The lowest BCUT2D eigenvalue weighted by Gasteiger charge is -2.32. The quantitative estimate of drug-likeness (QED) is 0.411. The number of sulfonamides is 1. The Bertz CT molecular complexity index is 1340. The van der Waals surface area contributed by atoms with Crippen molar-refractivity contribution in [2.75, 3.05) is 10.8 Å². The maximum Gasteiger partial charge on any atom is 0.264 e. The molecule has 1 aliphatic carbocycles. The highest BCUT2D eigenvalue weighted by Gasteiger charge is 2.33. The average Bonchev–Trinajstić information content (AvgIpc) is 3.44. The minimum atomic E-state index is -4.05. The lowest BCUT2D eigenvalue weighted by atomic mass is 10.1. The van der Waals surface area contributed by atoms with Crippen LogP contribution in [-0.2, 0) is 26.2 Å². The van der Waals surface area contributed by atoms with E-state index in [9.17, 15) is 18.0 Å². The molecule has 7 nitrogen and oxygen atoms in total. The minimum absolute atomic E-state index is 0.0935. The van der Waals surface area contributed by atoms with Crippen molar-refractivity contribution in [3.05, 3.63) is 96.1 Å².